The fourth-order valence-corrected chi connectivity index (χ4v) is 4.07. The smallest absolute Gasteiger partial charge is 0.189 e. The summed E-state index contributed by atoms with van der Waals surface area (Å²) in [6.45, 7) is 1.28. The minimum atomic E-state index is -0.151. The van der Waals surface area contributed by atoms with Gasteiger partial charge in [0.05, 0.1) is 5.56 Å². The van der Waals surface area contributed by atoms with Gasteiger partial charge < -0.3 is 14.2 Å². The zero-order valence-electron chi connectivity index (χ0n) is 22.1. The highest BCUT2D eigenvalue weighted by Crippen LogP contribution is 2.28. The van der Waals surface area contributed by atoms with Crippen LogP contribution < -0.4 is 14.2 Å². The summed E-state index contributed by atoms with van der Waals surface area (Å²) >= 11 is 0. The van der Waals surface area contributed by atoms with E-state index in [1.165, 1.54) is 0 Å². The van der Waals surface area contributed by atoms with E-state index in [4.69, 9.17) is 14.2 Å². The van der Waals surface area contributed by atoms with Gasteiger partial charge in [-0.15, -0.1) is 0 Å². The molecule has 0 fully saturated rings. The number of benzene rings is 5. The Morgan fingerprint density at radius 1 is 0.525 bits per heavy atom. The van der Waals surface area contributed by atoms with Crippen LogP contribution in [0.5, 0.6) is 17.2 Å². The van der Waals surface area contributed by atoms with Crippen molar-refractivity contribution in [2.45, 2.75) is 19.8 Å². The summed E-state index contributed by atoms with van der Waals surface area (Å²) in [6, 6.07) is 42.9. The van der Waals surface area contributed by atoms with Crippen molar-refractivity contribution in [1.82, 2.24) is 0 Å². The van der Waals surface area contributed by atoms with Crippen molar-refractivity contribution < 1.29 is 19.0 Å². The molecule has 0 N–H and O–H groups in total. The van der Waals surface area contributed by atoms with E-state index >= 15 is 0 Å². The van der Waals surface area contributed by atoms with Crippen LogP contribution in [0.25, 0.3) is 6.08 Å². The first kappa shape index (κ1) is 26.5. The number of carbonyl (C=O) groups is 1. The molecule has 0 spiro atoms. The zero-order chi connectivity index (χ0) is 27.4. The topological polar surface area (TPSA) is 44.8 Å². The van der Waals surface area contributed by atoms with Crippen molar-refractivity contribution in [2.24, 2.45) is 0 Å². The van der Waals surface area contributed by atoms with E-state index in [1.54, 1.807) is 30.4 Å². The van der Waals surface area contributed by atoms with E-state index in [0.29, 0.717) is 36.9 Å². The Morgan fingerprint density at radius 3 is 1.55 bits per heavy atom. The second-order valence-electron chi connectivity index (χ2n) is 9.25. The summed E-state index contributed by atoms with van der Waals surface area (Å²) in [6.07, 6.45) is 3.36. The molecule has 0 aromatic heterocycles. The van der Waals surface area contributed by atoms with Gasteiger partial charge in [0, 0.05) is 6.07 Å². The molecule has 4 heteroatoms. The highest BCUT2D eigenvalue weighted by Gasteiger charge is 2.13. The Balaban J connectivity index is 1.27. The Morgan fingerprint density at radius 2 is 1.00 bits per heavy atom. The largest absolute Gasteiger partial charge is 0.489 e. The molecule has 0 saturated heterocycles. The monoisotopic (exact) mass is 526 g/mol. The molecular weight excluding hydrogens is 496 g/mol. The number of rotatable bonds is 12. The summed E-state index contributed by atoms with van der Waals surface area (Å²) in [7, 11) is 0. The van der Waals surface area contributed by atoms with Crippen LogP contribution in [0.2, 0.25) is 0 Å². The standard InChI is InChI=1S/C36H30O4/c37-35(23-18-28-16-19-32(20-17-28)38-25-29-10-4-1-5-11-29)34-22-21-33(39-26-30-12-6-2-7-13-30)24-36(34)40-27-31-14-8-3-9-15-31/h1-24H,25-27H2. The Bertz CT molecular complexity index is 1530. The lowest BCUT2D eigenvalue weighted by Crippen LogP contribution is -2.04. The van der Waals surface area contributed by atoms with Gasteiger partial charge in [0.2, 0.25) is 0 Å². The van der Waals surface area contributed by atoms with Gasteiger partial charge >= 0.3 is 0 Å². The maximum atomic E-state index is 13.2. The first-order valence-corrected chi connectivity index (χ1v) is 13.2. The lowest BCUT2D eigenvalue weighted by molar-refractivity contribution is 0.104. The zero-order valence-corrected chi connectivity index (χ0v) is 22.1. The first-order valence-electron chi connectivity index (χ1n) is 13.2. The first-order chi connectivity index (χ1) is 19.7. The molecular formula is C36H30O4. The lowest BCUT2D eigenvalue weighted by atomic mass is 10.1. The Hall–Kier alpha value is -5.09. The number of hydrogen-bond acceptors (Lipinski definition) is 4. The molecule has 0 aliphatic rings. The molecule has 0 unspecified atom stereocenters. The maximum absolute atomic E-state index is 13.2. The van der Waals surface area contributed by atoms with Crippen LogP contribution >= 0.6 is 0 Å². The normalized spacial score (nSPS) is 10.8. The SMILES string of the molecule is O=C(C=Cc1ccc(OCc2ccccc2)cc1)c1ccc(OCc2ccccc2)cc1OCc1ccccc1. The summed E-state index contributed by atoms with van der Waals surface area (Å²) in [5.41, 5.74) is 4.56. The molecule has 40 heavy (non-hydrogen) atoms. The fraction of sp³-hybridized carbons (Fsp3) is 0.0833. The van der Waals surface area contributed by atoms with Gasteiger partial charge in [-0.2, -0.15) is 0 Å². The number of carbonyl (C=O) groups excluding carboxylic acids is 1. The van der Waals surface area contributed by atoms with Gasteiger partial charge in [0.15, 0.2) is 5.78 Å². The van der Waals surface area contributed by atoms with Crippen LogP contribution in [-0.2, 0) is 19.8 Å². The van der Waals surface area contributed by atoms with Crippen LogP contribution in [0, 0.1) is 0 Å². The van der Waals surface area contributed by atoms with E-state index in [0.717, 1.165) is 28.0 Å². The average Bonchev–Trinajstić information content (AvgIpc) is 3.02. The number of ether oxygens (including phenoxy) is 3. The minimum absolute atomic E-state index is 0.151. The Labute approximate surface area is 235 Å². The molecule has 0 aliphatic carbocycles. The van der Waals surface area contributed by atoms with Crippen LogP contribution in [0.4, 0.5) is 0 Å². The van der Waals surface area contributed by atoms with Gasteiger partial charge in [-0.05, 0) is 52.6 Å². The van der Waals surface area contributed by atoms with Gasteiger partial charge in [0.25, 0.3) is 0 Å². The molecule has 0 heterocycles. The van der Waals surface area contributed by atoms with Gasteiger partial charge in [-0.25, -0.2) is 0 Å². The van der Waals surface area contributed by atoms with E-state index in [1.807, 2.05) is 115 Å². The van der Waals surface area contributed by atoms with E-state index < -0.39 is 0 Å². The molecule has 0 aliphatic heterocycles. The summed E-state index contributed by atoms with van der Waals surface area (Å²) in [5, 5.41) is 0. The molecule has 0 atom stereocenters. The third-order valence-electron chi connectivity index (χ3n) is 6.26. The van der Waals surface area contributed by atoms with E-state index in [-0.39, 0.29) is 5.78 Å². The molecule has 5 aromatic rings. The fourth-order valence-electron chi connectivity index (χ4n) is 4.07. The molecule has 198 valence electrons. The molecule has 0 amide bonds. The van der Waals surface area contributed by atoms with E-state index in [9.17, 15) is 4.79 Å². The van der Waals surface area contributed by atoms with Gasteiger partial charge in [0.1, 0.15) is 37.1 Å². The summed E-state index contributed by atoms with van der Waals surface area (Å²) < 4.78 is 18.0. The second-order valence-corrected chi connectivity index (χ2v) is 9.25. The molecule has 5 aromatic carbocycles. The summed E-state index contributed by atoms with van der Waals surface area (Å²) in [4.78, 5) is 13.2. The van der Waals surface area contributed by atoms with Gasteiger partial charge in [-0.1, -0.05) is 109 Å². The van der Waals surface area contributed by atoms with Crippen molar-refractivity contribution >= 4 is 11.9 Å². The third kappa shape index (κ3) is 7.71. The Kier molecular flexibility index (Phi) is 9.03. The van der Waals surface area contributed by atoms with Crippen molar-refractivity contribution in [3.05, 3.63) is 167 Å². The van der Waals surface area contributed by atoms with Crippen molar-refractivity contribution in [3.8, 4) is 17.2 Å². The molecule has 5 rings (SSSR count). The van der Waals surface area contributed by atoms with Crippen LogP contribution in [-0.4, -0.2) is 5.78 Å². The highest BCUT2D eigenvalue weighted by atomic mass is 16.5. The maximum Gasteiger partial charge on any atom is 0.189 e. The predicted molar refractivity (Wildman–Crippen MR) is 159 cm³/mol. The predicted octanol–water partition coefficient (Wildman–Crippen LogP) is 8.32. The second kappa shape index (κ2) is 13.6. The molecule has 4 nitrogen and oxygen atoms in total. The number of hydrogen-bond donors (Lipinski definition) is 0. The van der Waals surface area contributed by atoms with Crippen LogP contribution in [0.1, 0.15) is 32.6 Å². The van der Waals surface area contributed by atoms with Crippen molar-refractivity contribution in [3.63, 3.8) is 0 Å². The average molecular weight is 527 g/mol. The number of allylic oxidation sites excluding steroid dienone is 1. The lowest BCUT2D eigenvalue weighted by Gasteiger charge is -2.13. The highest BCUT2D eigenvalue weighted by molar-refractivity contribution is 6.08. The molecule has 0 saturated carbocycles. The quantitative estimate of drug-likeness (QED) is 0.121. The number of ketones is 1. The third-order valence-corrected chi connectivity index (χ3v) is 6.26. The van der Waals surface area contributed by atoms with Crippen molar-refractivity contribution in [1.29, 1.82) is 0 Å². The van der Waals surface area contributed by atoms with Crippen LogP contribution in [0.15, 0.2) is 140 Å². The van der Waals surface area contributed by atoms with Crippen LogP contribution in [0.3, 0.4) is 0 Å². The van der Waals surface area contributed by atoms with E-state index in [2.05, 4.69) is 0 Å². The molecule has 0 bridgehead atoms. The van der Waals surface area contributed by atoms with Crippen molar-refractivity contribution in [2.75, 3.05) is 0 Å². The summed E-state index contributed by atoms with van der Waals surface area (Å²) in [5.74, 6) is 1.74. The minimum Gasteiger partial charge on any atom is -0.489 e. The van der Waals surface area contributed by atoms with Gasteiger partial charge in [-0.3, -0.25) is 4.79 Å². The molecule has 0 radical (unpaired) electrons.